The van der Waals surface area contributed by atoms with Gasteiger partial charge in [-0.1, -0.05) is 79.7 Å². The highest BCUT2D eigenvalue weighted by atomic mass is 16.3. The number of aliphatic hydroxyl groups excluding tert-OH is 2. The molecule has 0 aliphatic heterocycles. The fourth-order valence-electron chi connectivity index (χ4n) is 6.63. The third-order valence-electron chi connectivity index (χ3n) is 9.37. The Kier molecular flexibility index (Phi) is 10.3. The van der Waals surface area contributed by atoms with Crippen LogP contribution in [0.1, 0.15) is 48.4 Å². The van der Waals surface area contributed by atoms with Crippen molar-refractivity contribution in [3.63, 3.8) is 0 Å². The number of urea groups is 1. The van der Waals surface area contributed by atoms with E-state index in [-0.39, 0.29) is 42.9 Å². The average molecular weight is 717 g/mol. The van der Waals surface area contributed by atoms with Gasteiger partial charge in [0.15, 0.2) is 17.0 Å². The molecule has 3 aromatic heterocycles. The van der Waals surface area contributed by atoms with Crippen molar-refractivity contribution in [3.8, 4) is 11.7 Å². The van der Waals surface area contributed by atoms with Gasteiger partial charge in [0, 0.05) is 25.4 Å². The predicted molar refractivity (Wildman–Crippen MR) is 198 cm³/mol. The molecule has 15 nitrogen and oxygen atoms in total. The van der Waals surface area contributed by atoms with E-state index in [9.17, 15) is 24.9 Å². The van der Waals surface area contributed by atoms with Crippen molar-refractivity contribution in [2.75, 3.05) is 17.2 Å². The summed E-state index contributed by atoms with van der Waals surface area (Å²) < 4.78 is 3.11. The van der Waals surface area contributed by atoms with Gasteiger partial charge in [0.25, 0.3) is 5.95 Å². The number of hydrogen-bond donors (Lipinski definition) is 7. The van der Waals surface area contributed by atoms with Crippen molar-refractivity contribution < 1.29 is 24.9 Å². The first kappa shape index (κ1) is 35.1. The van der Waals surface area contributed by atoms with E-state index in [1.54, 1.807) is 48.3 Å². The number of carbonyl (C=O) groups is 2. The number of aromatic hydroxyl groups is 1. The van der Waals surface area contributed by atoms with Gasteiger partial charge in [-0.25, -0.2) is 14.5 Å². The van der Waals surface area contributed by atoms with Gasteiger partial charge in [-0.3, -0.25) is 4.79 Å². The molecule has 3 heterocycles. The average Bonchev–Trinajstić information content (AvgIpc) is 3.89. The van der Waals surface area contributed by atoms with Crippen molar-refractivity contribution in [1.29, 1.82) is 0 Å². The van der Waals surface area contributed by atoms with Gasteiger partial charge in [-0.05, 0) is 35.2 Å². The smallest absolute Gasteiger partial charge is 0.319 e. The molecule has 3 aromatic carbocycles. The topological polar surface area (TPSA) is 204 Å². The molecule has 15 heteroatoms. The fraction of sp³-hybridized carbons (Fsp3) is 0.263. The first-order chi connectivity index (χ1) is 25.8. The molecule has 1 saturated carbocycles. The Morgan fingerprint density at radius 1 is 0.943 bits per heavy atom. The number of amides is 3. The normalized spacial score (nSPS) is 18.3. The Bertz CT molecular complexity index is 2150. The Morgan fingerprint density at radius 2 is 1.68 bits per heavy atom. The lowest BCUT2D eigenvalue weighted by Crippen LogP contribution is -2.42. The van der Waals surface area contributed by atoms with Crippen LogP contribution in [0.4, 0.5) is 16.3 Å². The second-order valence-electron chi connectivity index (χ2n) is 12.9. The summed E-state index contributed by atoms with van der Waals surface area (Å²) >= 11 is 0. The van der Waals surface area contributed by atoms with E-state index in [1.165, 1.54) is 10.9 Å². The number of rotatable bonds is 12. The van der Waals surface area contributed by atoms with Crippen LogP contribution in [0.3, 0.4) is 0 Å². The molecule has 3 amide bonds. The van der Waals surface area contributed by atoms with Crippen LogP contribution in [0.15, 0.2) is 104 Å². The number of nitrogens with one attached hydrogen (secondary N) is 4. The minimum Gasteiger partial charge on any atom is -0.508 e. The molecule has 1 fully saturated rings. The standard InChI is InChI=1S/C38H40N10O5/c1-2-31(50)44-29-17-30(34(52)33(29)51)47-22-41-32-35(39-20-28(24-11-5-3-6-12-24)25-13-7-4-8-14-25)45-37(46-36(32)47)48-21-26(19-42-48)43-38(53)40-18-23-10-9-15-27(49)16-23/h3-16,19,21-22,28-30,33-34,49,51-52H,2,17-18,20H2,1H3,(H,44,50)(H,39,45,46)(H2,40,43,53)/t29-,30+,33+,34-/m0/s1. The van der Waals surface area contributed by atoms with Crippen LogP contribution in [-0.2, 0) is 11.3 Å². The van der Waals surface area contributed by atoms with Gasteiger partial charge in [-0.2, -0.15) is 15.1 Å². The van der Waals surface area contributed by atoms with E-state index in [4.69, 9.17) is 9.97 Å². The highest BCUT2D eigenvalue weighted by Crippen LogP contribution is 2.35. The van der Waals surface area contributed by atoms with E-state index in [1.807, 2.05) is 36.4 Å². The van der Waals surface area contributed by atoms with Crippen molar-refractivity contribution in [3.05, 3.63) is 120 Å². The molecule has 0 bridgehead atoms. The van der Waals surface area contributed by atoms with E-state index < -0.39 is 30.3 Å². The van der Waals surface area contributed by atoms with Crippen LogP contribution < -0.4 is 21.3 Å². The molecule has 6 aromatic rings. The minimum absolute atomic E-state index is 0.0402. The summed E-state index contributed by atoms with van der Waals surface area (Å²) in [6.07, 6.45) is 2.69. The summed E-state index contributed by atoms with van der Waals surface area (Å²) in [7, 11) is 0. The molecule has 272 valence electrons. The van der Waals surface area contributed by atoms with E-state index in [2.05, 4.69) is 55.6 Å². The van der Waals surface area contributed by atoms with Crippen LogP contribution in [0, 0.1) is 0 Å². The van der Waals surface area contributed by atoms with Crippen LogP contribution in [0.25, 0.3) is 17.1 Å². The van der Waals surface area contributed by atoms with Crippen molar-refractivity contribution in [1.82, 2.24) is 39.9 Å². The Morgan fingerprint density at radius 3 is 2.38 bits per heavy atom. The van der Waals surface area contributed by atoms with Gasteiger partial charge in [-0.15, -0.1) is 0 Å². The lowest BCUT2D eigenvalue weighted by Gasteiger charge is -2.20. The van der Waals surface area contributed by atoms with E-state index >= 15 is 0 Å². The first-order valence-electron chi connectivity index (χ1n) is 17.4. The number of aromatic nitrogens is 6. The number of fused-ring (bicyclic) bond motifs is 1. The predicted octanol–water partition coefficient (Wildman–Crippen LogP) is 3.84. The molecule has 0 unspecified atom stereocenters. The molecule has 4 atom stereocenters. The molecule has 7 rings (SSSR count). The number of aliphatic hydroxyl groups is 2. The van der Waals surface area contributed by atoms with Gasteiger partial charge >= 0.3 is 6.03 Å². The zero-order valence-electron chi connectivity index (χ0n) is 28.9. The number of anilines is 2. The lowest BCUT2D eigenvalue weighted by atomic mass is 9.91. The van der Waals surface area contributed by atoms with Crippen LogP contribution in [0.2, 0.25) is 0 Å². The monoisotopic (exact) mass is 716 g/mol. The third kappa shape index (κ3) is 7.80. The maximum atomic E-state index is 12.7. The Balaban J connectivity index is 1.20. The van der Waals surface area contributed by atoms with Gasteiger partial charge in [0.2, 0.25) is 5.91 Å². The number of phenolic OH excluding ortho intramolecular Hbond substituents is 1. The van der Waals surface area contributed by atoms with Crippen LogP contribution in [-0.4, -0.2) is 81.4 Å². The number of benzene rings is 3. The highest BCUT2D eigenvalue weighted by Gasteiger charge is 2.43. The summed E-state index contributed by atoms with van der Waals surface area (Å²) in [5, 5.41) is 48.0. The largest absolute Gasteiger partial charge is 0.508 e. The quantitative estimate of drug-likeness (QED) is 0.0975. The fourth-order valence-corrected chi connectivity index (χ4v) is 6.63. The maximum absolute atomic E-state index is 12.7. The Labute approximate surface area is 304 Å². The lowest BCUT2D eigenvalue weighted by molar-refractivity contribution is -0.122. The van der Waals surface area contributed by atoms with Gasteiger partial charge in [0.05, 0.1) is 36.5 Å². The van der Waals surface area contributed by atoms with E-state index in [0.717, 1.165) is 16.7 Å². The zero-order valence-corrected chi connectivity index (χ0v) is 28.9. The van der Waals surface area contributed by atoms with Crippen LogP contribution >= 0.6 is 0 Å². The molecular weight excluding hydrogens is 676 g/mol. The van der Waals surface area contributed by atoms with Crippen molar-refractivity contribution in [2.45, 2.75) is 56.5 Å². The van der Waals surface area contributed by atoms with Crippen LogP contribution in [0.5, 0.6) is 5.75 Å². The summed E-state index contributed by atoms with van der Waals surface area (Å²) in [4.78, 5) is 39.2. The number of carbonyl (C=O) groups excluding carboxylic acids is 2. The number of nitrogens with zero attached hydrogens (tertiary/aromatic N) is 6. The van der Waals surface area contributed by atoms with Crippen molar-refractivity contribution in [2.24, 2.45) is 0 Å². The molecule has 53 heavy (non-hydrogen) atoms. The summed E-state index contributed by atoms with van der Waals surface area (Å²) in [6.45, 7) is 2.37. The van der Waals surface area contributed by atoms with Gasteiger partial charge < -0.3 is 41.2 Å². The molecule has 0 radical (unpaired) electrons. The SMILES string of the molecule is CCC(=O)N[C@H]1C[C@@H](n2cnc3c(NCC(c4ccccc4)c4ccccc4)nc(-n4cc(NC(=O)NCc5cccc(O)c5)cn4)nc32)[C@H](O)[C@@H]1O. The minimum atomic E-state index is -1.20. The third-order valence-corrected chi connectivity index (χ3v) is 9.37. The summed E-state index contributed by atoms with van der Waals surface area (Å²) in [5.74, 6) is 0.418. The number of imidazole rings is 1. The molecular formula is C38H40N10O5. The van der Waals surface area contributed by atoms with Crippen molar-refractivity contribution >= 4 is 34.6 Å². The second-order valence-corrected chi connectivity index (χ2v) is 12.9. The molecule has 7 N–H and O–H groups in total. The Hall–Kier alpha value is -6.32. The molecule has 1 aliphatic rings. The number of phenols is 1. The van der Waals surface area contributed by atoms with Gasteiger partial charge in [0.1, 0.15) is 18.0 Å². The summed E-state index contributed by atoms with van der Waals surface area (Å²) in [5.41, 5.74) is 4.14. The first-order valence-corrected chi connectivity index (χ1v) is 17.4. The zero-order chi connectivity index (χ0) is 36.9. The van der Waals surface area contributed by atoms with E-state index in [0.29, 0.717) is 29.2 Å². The molecule has 0 spiro atoms. The number of hydrogen-bond acceptors (Lipinski definition) is 10. The highest BCUT2D eigenvalue weighted by molar-refractivity contribution is 5.89. The summed E-state index contributed by atoms with van der Waals surface area (Å²) in [6, 6.07) is 25.1. The molecule has 0 saturated heterocycles. The maximum Gasteiger partial charge on any atom is 0.319 e. The second kappa shape index (κ2) is 15.5. The molecule has 1 aliphatic carbocycles.